The monoisotopic (exact) mass is 322 g/mol. The zero-order chi connectivity index (χ0) is 15.9. The van der Waals surface area contributed by atoms with E-state index in [0.29, 0.717) is 23.6 Å². The van der Waals surface area contributed by atoms with Gasteiger partial charge in [-0.15, -0.1) is 0 Å². The van der Waals surface area contributed by atoms with Crippen LogP contribution in [0.3, 0.4) is 0 Å². The Kier molecular flexibility index (Phi) is 3.58. The maximum atomic E-state index is 12.5. The molecule has 0 radical (unpaired) electrons. The minimum Gasteiger partial charge on any atom is -0.451 e. The predicted molar refractivity (Wildman–Crippen MR) is 80.5 cm³/mol. The summed E-state index contributed by atoms with van der Waals surface area (Å²) in [6, 6.07) is 6.66. The van der Waals surface area contributed by atoms with Crippen molar-refractivity contribution in [2.45, 2.75) is 18.4 Å². The molecule has 3 rings (SSSR count). The summed E-state index contributed by atoms with van der Waals surface area (Å²) in [7, 11) is 0. The largest absolute Gasteiger partial charge is 0.451 e. The molecule has 7 heteroatoms. The fourth-order valence-electron chi connectivity index (χ4n) is 2.69. The number of amides is 2. The Bertz CT molecular complexity index is 757. The molecule has 1 aromatic carbocycles. The van der Waals surface area contributed by atoms with Crippen molar-refractivity contribution in [2.24, 2.45) is 5.73 Å². The lowest BCUT2D eigenvalue weighted by Gasteiger charge is -2.36. The molecular formula is C15H15ClN2O4. The smallest absolute Gasteiger partial charge is 0.289 e. The second kappa shape index (κ2) is 5.30. The Morgan fingerprint density at radius 1 is 1.36 bits per heavy atom. The number of hydrogen-bond donors (Lipinski definition) is 2. The van der Waals surface area contributed by atoms with Crippen LogP contribution in [0, 0.1) is 0 Å². The molecule has 0 bridgehead atoms. The van der Waals surface area contributed by atoms with E-state index < -0.39 is 11.5 Å². The molecule has 1 unspecified atom stereocenters. The lowest BCUT2D eigenvalue weighted by Crippen LogP contribution is -2.57. The first-order chi connectivity index (χ1) is 10.4. The summed E-state index contributed by atoms with van der Waals surface area (Å²) in [6.45, 7) is 0.311. The van der Waals surface area contributed by atoms with Gasteiger partial charge in [-0.3, -0.25) is 9.59 Å². The number of halogens is 1. The van der Waals surface area contributed by atoms with Gasteiger partial charge in [0.1, 0.15) is 5.58 Å². The first-order valence-electron chi connectivity index (χ1n) is 6.90. The summed E-state index contributed by atoms with van der Waals surface area (Å²) in [6.07, 6.45) is 0.749. The number of primary amides is 1. The summed E-state index contributed by atoms with van der Waals surface area (Å²) in [4.78, 5) is 25.2. The van der Waals surface area contributed by atoms with Crippen molar-refractivity contribution in [2.75, 3.05) is 13.1 Å². The first kappa shape index (κ1) is 14.9. The fourth-order valence-corrected chi connectivity index (χ4v) is 2.87. The van der Waals surface area contributed by atoms with Gasteiger partial charge >= 0.3 is 0 Å². The Hall–Kier alpha value is -2.05. The molecule has 1 saturated heterocycles. The van der Waals surface area contributed by atoms with Gasteiger partial charge in [-0.25, -0.2) is 0 Å². The molecule has 0 spiro atoms. The van der Waals surface area contributed by atoms with E-state index in [1.807, 2.05) is 0 Å². The van der Waals surface area contributed by atoms with Crippen molar-refractivity contribution in [3.05, 3.63) is 35.0 Å². The Morgan fingerprint density at radius 2 is 2.14 bits per heavy atom. The number of β-amino-alcohol motifs (C(OH)–C–C–N with tert-alkyl or cyclic N) is 1. The highest BCUT2D eigenvalue weighted by atomic mass is 35.5. The molecule has 1 aromatic heterocycles. The van der Waals surface area contributed by atoms with Crippen molar-refractivity contribution in [1.29, 1.82) is 0 Å². The fraction of sp³-hybridized carbons (Fsp3) is 0.333. The molecule has 3 N–H and O–H groups in total. The van der Waals surface area contributed by atoms with Gasteiger partial charge in [0.2, 0.25) is 0 Å². The number of benzene rings is 1. The van der Waals surface area contributed by atoms with Gasteiger partial charge in [-0.2, -0.15) is 0 Å². The maximum absolute atomic E-state index is 12.5. The SMILES string of the molecule is NC(=O)C1(O)CCCN(C(=O)c2cc3cc(Cl)ccc3o2)C1. The second-order valence-corrected chi connectivity index (χ2v) is 5.96. The number of carbonyl (C=O) groups is 2. The average Bonchev–Trinajstić information content (AvgIpc) is 2.89. The Morgan fingerprint density at radius 3 is 2.86 bits per heavy atom. The van der Waals surface area contributed by atoms with Crippen molar-refractivity contribution in [3.8, 4) is 0 Å². The quantitative estimate of drug-likeness (QED) is 0.876. The Labute approximate surface area is 131 Å². The third-order valence-corrected chi connectivity index (χ3v) is 4.14. The van der Waals surface area contributed by atoms with E-state index in [1.165, 1.54) is 4.90 Å². The third kappa shape index (κ3) is 2.55. The number of nitrogens with zero attached hydrogens (tertiary/aromatic N) is 1. The number of likely N-dealkylation sites (tertiary alicyclic amines) is 1. The van der Waals surface area contributed by atoms with Gasteiger partial charge in [-0.1, -0.05) is 11.6 Å². The van der Waals surface area contributed by atoms with Gasteiger partial charge in [0.15, 0.2) is 11.4 Å². The molecule has 1 aliphatic heterocycles. The number of furan rings is 1. The van der Waals surface area contributed by atoms with Crippen molar-refractivity contribution < 1.29 is 19.1 Å². The average molecular weight is 323 g/mol. The first-order valence-corrected chi connectivity index (χ1v) is 7.27. The van der Waals surface area contributed by atoms with E-state index in [-0.39, 0.29) is 24.6 Å². The second-order valence-electron chi connectivity index (χ2n) is 5.52. The van der Waals surface area contributed by atoms with Gasteiger partial charge in [0.05, 0.1) is 6.54 Å². The van der Waals surface area contributed by atoms with Gasteiger partial charge in [0, 0.05) is 17.0 Å². The van der Waals surface area contributed by atoms with Gasteiger partial charge in [-0.05, 0) is 37.1 Å². The van der Waals surface area contributed by atoms with E-state index in [0.717, 1.165) is 5.39 Å². The molecule has 1 fully saturated rings. The normalized spacial score (nSPS) is 22.0. The standard InChI is InChI=1S/C15H15ClN2O4/c16-10-2-3-11-9(6-10)7-12(22-11)13(19)18-5-1-4-15(21,8-18)14(17)20/h2-3,6-7,21H,1,4-5,8H2,(H2,17,20). The van der Waals surface area contributed by atoms with E-state index in [9.17, 15) is 14.7 Å². The number of carbonyl (C=O) groups excluding carboxylic acids is 2. The van der Waals surface area contributed by atoms with Crippen molar-refractivity contribution in [3.63, 3.8) is 0 Å². The summed E-state index contributed by atoms with van der Waals surface area (Å²) >= 11 is 5.91. The number of aliphatic hydroxyl groups is 1. The molecule has 22 heavy (non-hydrogen) atoms. The van der Waals surface area contributed by atoms with Gasteiger partial charge in [0.25, 0.3) is 11.8 Å². The number of nitrogens with two attached hydrogens (primary N) is 1. The summed E-state index contributed by atoms with van der Waals surface area (Å²) in [5.41, 5.74) is 4.09. The number of hydrogen-bond acceptors (Lipinski definition) is 4. The van der Waals surface area contributed by atoms with E-state index >= 15 is 0 Å². The molecule has 2 aromatic rings. The molecule has 1 atom stereocenters. The van der Waals surface area contributed by atoms with Crippen LogP contribution < -0.4 is 5.73 Å². The minimum absolute atomic E-state index is 0.126. The van der Waals surface area contributed by atoms with Crippen LogP contribution in [0.5, 0.6) is 0 Å². The van der Waals surface area contributed by atoms with Gasteiger partial charge < -0.3 is 20.2 Å². The lowest BCUT2D eigenvalue weighted by molar-refractivity contribution is -0.140. The van der Waals surface area contributed by atoms with E-state index in [2.05, 4.69) is 0 Å². The minimum atomic E-state index is -1.68. The van der Waals surface area contributed by atoms with Crippen LogP contribution >= 0.6 is 11.6 Å². The Balaban J connectivity index is 1.87. The van der Waals surface area contributed by atoms with Crippen LogP contribution in [-0.4, -0.2) is 40.5 Å². The molecular weight excluding hydrogens is 308 g/mol. The van der Waals surface area contributed by atoms with Crippen LogP contribution in [0.4, 0.5) is 0 Å². The molecule has 2 heterocycles. The van der Waals surface area contributed by atoms with Crippen molar-refractivity contribution in [1.82, 2.24) is 4.90 Å². The van der Waals surface area contributed by atoms with Crippen LogP contribution in [0.25, 0.3) is 11.0 Å². The maximum Gasteiger partial charge on any atom is 0.289 e. The zero-order valence-electron chi connectivity index (χ0n) is 11.7. The molecule has 6 nitrogen and oxygen atoms in total. The number of piperidine rings is 1. The summed E-state index contributed by atoms with van der Waals surface area (Å²) in [5.74, 6) is -1.06. The number of fused-ring (bicyclic) bond motifs is 1. The highest BCUT2D eigenvalue weighted by Gasteiger charge is 2.40. The highest BCUT2D eigenvalue weighted by Crippen LogP contribution is 2.26. The van der Waals surface area contributed by atoms with Crippen LogP contribution in [0.1, 0.15) is 23.4 Å². The van der Waals surface area contributed by atoms with Crippen LogP contribution in [-0.2, 0) is 4.79 Å². The highest BCUT2D eigenvalue weighted by molar-refractivity contribution is 6.31. The molecule has 116 valence electrons. The summed E-state index contributed by atoms with van der Waals surface area (Å²) in [5, 5.41) is 11.4. The third-order valence-electron chi connectivity index (χ3n) is 3.91. The number of rotatable bonds is 2. The zero-order valence-corrected chi connectivity index (χ0v) is 12.5. The topological polar surface area (TPSA) is 96.8 Å². The molecule has 0 saturated carbocycles. The summed E-state index contributed by atoms with van der Waals surface area (Å²) < 4.78 is 5.52. The van der Waals surface area contributed by atoms with Crippen molar-refractivity contribution >= 4 is 34.4 Å². The van der Waals surface area contributed by atoms with Crippen LogP contribution in [0.15, 0.2) is 28.7 Å². The predicted octanol–water partition coefficient (Wildman–Crippen LogP) is 1.54. The molecule has 0 aliphatic carbocycles. The molecule has 1 aliphatic rings. The van der Waals surface area contributed by atoms with E-state index in [1.54, 1.807) is 24.3 Å². The lowest BCUT2D eigenvalue weighted by atomic mass is 9.92. The molecule has 2 amide bonds. The van der Waals surface area contributed by atoms with E-state index in [4.69, 9.17) is 21.8 Å². The van der Waals surface area contributed by atoms with Crippen LogP contribution in [0.2, 0.25) is 5.02 Å².